The van der Waals surface area contributed by atoms with Crippen molar-refractivity contribution in [3.63, 3.8) is 0 Å². The first-order valence-corrected chi connectivity index (χ1v) is 11.9. The Hall–Kier alpha value is -3.55. The molecule has 2 amide bonds. The molecule has 3 aromatic rings. The molecule has 0 aliphatic rings. The Labute approximate surface area is 220 Å². The minimum atomic E-state index is -0.367. The zero-order valence-electron chi connectivity index (χ0n) is 20.2. The van der Waals surface area contributed by atoms with E-state index >= 15 is 0 Å². The highest BCUT2D eigenvalue weighted by molar-refractivity contribution is 6.35. The van der Waals surface area contributed by atoms with Gasteiger partial charge in [-0.25, -0.2) is 5.43 Å². The van der Waals surface area contributed by atoms with Crippen LogP contribution in [0.15, 0.2) is 59.7 Å². The smallest absolute Gasteiger partial charge is 0.240 e. The van der Waals surface area contributed by atoms with E-state index in [9.17, 15) is 9.59 Å². The molecule has 9 heteroatoms. The highest BCUT2D eigenvalue weighted by atomic mass is 35.5. The van der Waals surface area contributed by atoms with E-state index in [-0.39, 0.29) is 31.3 Å². The summed E-state index contributed by atoms with van der Waals surface area (Å²) in [5.41, 5.74) is 6.75. The third-order valence-electron chi connectivity index (χ3n) is 5.45. The van der Waals surface area contributed by atoms with Crippen LogP contribution < -0.4 is 20.2 Å². The van der Waals surface area contributed by atoms with Crippen LogP contribution in [0.4, 0.5) is 5.69 Å². The molecule has 36 heavy (non-hydrogen) atoms. The lowest BCUT2D eigenvalue weighted by Crippen LogP contribution is -2.21. The number of carbonyl (C=O) groups excluding carboxylic acids is 2. The molecule has 0 saturated carbocycles. The lowest BCUT2D eigenvalue weighted by atomic mass is 10.1. The number of nitrogens with zero attached hydrogens (tertiary/aromatic N) is 1. The Balaban J connectivity index is 1.49. The molecule has 0 atom stereocenters. The number of ether oxygens (including phenoxy) is 2. The molecule has 0 saturated heterocycles. The van der Waals surface area contributed by atoms with Gasteiger partial charge in [0.15, 0.2) is 11.5 Å². The van der Waals surface area contributed by atoms with Crippen LogP contribution in [0.3, 0.4) is 0 Å². The van der Waals surface area contributed by atoms with Crippen molar-refractivity contribution in [2.45, 2.75) is 33.3 Å². The average molecular weight is 528 g/mol. The van der Waals surface area contributed by atoms with Crippen LogP contribution in [0.25, 0.3) is 0 Å². The highest BCUT2D eigenvalue weighted by Gasteiger charge is 2.10. The summed E-state index contributed by atoms with van der Waals surface area (Å²) in [6.45, 7) is 4.16. The topological polar surface area (TPSA) is 89.0 Å². The monoisotopic (exact) mass is 527 g/mol. The number of halogens is 2. The van der Waals surface area contributed by atoms with Gasteiger partial charge in [-0.3, -0.25) is 9.59 Å². The molecule has 0 aliphatic carbocycles. The number of aryl methyl sites for hydroxylation is 1. The lowest BCUT2D eigenvalue weighted by molar-refractivity contribution is -0.124. The molecule has 2 N–H and O–H groups in total. The second kappa shape index (κ2) is 13.0. The van der Waals surface area contributed by atoms with Crippen LogP contribution in [0.1, 0.15) is 35.1 Å². The van der Waals surface area contributed by atoms with Gasteiger partial charge in [0.1, 0.15) is 6.61 Å². The molecule has 7 nitrogen and oxygen atoms in total. The molecule has 0 aromatic heterocycles. The number of anilines is 1. The summed E-state index contributed by atoms with van der Waals surface area (Å²) in [6.07, 6.45) is 1.54. The maximum atomic E-state index is 12.2. The molecule has 0 spiro atoms. The summed E-state index contributed by atoms with van der Waals surface area (Å²) in [7, 11) is 1.53. The first-order chi connectivity index (χ1) is 17.3. The maximum Gasteiger partial charge on any atom is 0.240 e. The van der Waals surface area contributed by atoms with Gasteiger partial charge in [-0.1, -0.05) is 41.4 Å². The molecule has 0 radical (unpaired) electrons. The molecule has 0 fully saturated rings. The molecule has 3 aromatic carbocycles. The molecule has 0 heterocycles. The number of methoxy groups -OCH3 is 1. The summed E-state index contributed by atoms with van der Waals surface area (Å²) in [5.74, 6) is 0.426. The Morgan fingerprint density at radius 3 is 2.50 bits per heavy atom. The van der Waals surface area contributed by atoms with Crippen LogP contribution in [-0.4, -0.2) is 25.1 Å². The van der Waals surface area contributed by atoms with Crippen molar-refractivity contribution in [2.75, 3.05) is 12.4 Å². The molecule has 0 aliphatic heterocycles. The summed E-state index contributed by atoms with van der Waals surface area (Å²) in [6, 6.07) is 16.1. The van der Waals surface area contributed by atoms with E-state index in [4.69, 9.17) is 32.7 Å². The Bertz CT molecular complexity index is 1280. The van der Waals surface area contributed by atoms with Gasteiger partial charge in [0.05, 0.1) is 13.3 Å². The van der Waals surface area contributed by atoms with E-state index in [1.807, 2.05) is 32.0 Å². The summed E-state index contributed by atoms with van der Waals surface area (Å²) < 4.78 is 11.2. The predicted octanol–water partition coefficient (Wildman–Crippen LogP) is 6.07. The molecule has 3 rings (SSSR count). The van der Waals surface area contributed by atoms with E-state index in [2.05, 4.69) is 15.8 Å². The van der Waals surface area contributed by atoms with Crippen molar-refractivity contribution in [1.29, 1.82) is 0 Å². The number of carbonyl (C=O) groups is 2. The van der Waals surface area contributed by atoms with Crippen molar-refractivity contribution in [3.05, 3.63) is 86.9 Å². The minimum absolute atomic E-state index is 0.0113. The van der Waals surface area contributed by atoms with Crippen molar-refractivity contribution < 1.29 is 19.1 Å². The second-order valence-electron chi connectivity index (χ2n) is 8.02. The lowest BCUT2D eigenvalue weighted by Gasteiger charge is -2.12. The van der Waals surface area contributed by atoms with Gasteiger partial charge in [-0.15, -0.1) is 0 Å². The summed E-state index contributed by atoms with van der Waals surface area (Å²) in [5, 5.41) is 7.87. The fraction of sp³-hybridized carbons (Fsp3) is 0.222. The van der Waals surface area contributed by atoms with Gasteiger partial charge >= 0.3 is 0 Å². The Morgan fingerprint density at radius 2 is 1.75 bits per heavy atom. The number of rotatable bonds is 10. The zero-order chi connectivity index (χ0) is 26.1. The fourth-order valence-corrected chi connectivity index (χ4v) is 3.70. The van der Waals surface area contributed by atoms with Crippen molar-refractivity contribution in [2.24, 2.45) is 5.10 Å². The molecule has 0 unspecified atom stereocenters. The van der Waals surface area contributed by atoms with Gasteiger partial charge in [0, 0.05) is 34.1 Å². The zero-order valence-corrected chi connectivity index (χ0v) is 21.7. The van der Waals surface area contributed by atoms with Crippen molar-refractivity contribution >= 4 is 46.9 Å². The molecular weight excluding hydrogens is 501 g/mol. The van der Waals surface area contributed by atoms with Crippen LogP contribution >= 0.6 is 23.2 Å². The number of nitrogens with one attached hydrogen (secondary N) is 2. The van der Waals surface area contributed by atoms with Crippen molar-refractivity contribution in [3.8, 4) is 11.5 Å². The number of hydrogen-bond donors (Lipinski definition) is 2. The first kappa shape index (κ1) is 27.0. The number of hydrazone groups is 1. The van der Waals surface area contributed by atoms with E-state index in [1.165, 1.54) is 13.3 Å². The molecule has 188 valence electrons. The van der Waals surface area contributed by atoms with Gasteiger partial charge < -0.3 is 14.8 Å². The standard InChI is InChI=1S/C27H27Cl2N3O4/c1-17-5-4-6-23(18(17)2)31-26(33)11-12-27(34)32-30-15-19-7-10-24(25(13-19)35-3)36-16-20-8-9-21(28)14-22(20)29/h4-10,13-15H,11-12,16H2,1-3H3,(H,31,33)(H,32,34). The highest BCUT2D eigenvalue weighted by Crippen LogP contribution is 2.30. The quantitative estimate of drug-likeness (QED) is 0.247. The van der Waals surface area contributed by atoms with Gasteiger partial charge in [-0.2, -0.15) is 5.10 Å². The molecule has 0 bridgehead atoms. The third kappa shape index (κ3) is 7.73. The van der Waals surface area contributed by atoms with Crippen LogP contribution in [0, 0.1) is 13.8 Å². The summed E-state index contributed by atoms with van der Waals surface area (Å²) in [4.78, 5) is 24.3. The van der Waals surface area contributed by atoms with E-state index < -0.39 is 0 Å². The molecular formula is C27H27Cl2N3O4. The Morgan fingerprint density at radius 1 is 0.972 bits per heavy atom. The number of hydrogen-bond acceptors (Lipinski definition) is 5. The van der Waals surface area contributed by atoms with Gasteiger partial charge in [0.2, 0.25) is 11.8 Å². The third-order valence-corrected chi connectivity index (χ3v) is 6.03. The SMILES string of the molecule is COc1cc(C=NNC(=O)CCC(=O)Nc2cccc(C)c2C)ccc1OCc1ccc(Cl)cc1Cl. The van der Waals surface area contributed by atoms with E-state index in [1.54, 1.807) is 36.4 Å². The Kier molecular flexibility index (Phi) is 9.73. The largest absolute Gasteiger partial charge is 0.493 e. The van der Waals surface area contributed by atoms with Crippen LogP contribution in [0.5, 0.6) is 11.5 Å². The fourth-order valence-electron chi connectivity index (χ4n) is 3.24. The average Bonchev–Trinajstić information content (AvgIpc) is 2.85. The van der Waals surface area contributed by atoms with E-state index in [0.29, 0.717) is 27.1 Å². The van der Waals surface area contributed by atoms with Crippen molar-refractivity contribution in [1.82, 2.24) is 5.43 Å². The normalized spacial score (nSPS) is 10.8. The predicted molar refractivity (Wildman–Crippen MR) is 143 cm³/mol. The maximum absolute atomic E-state index is 12.2. The van der Waals surface area contributed by atoms with E-state index in [0.717, 1.165) is 22.4 Å². The summed E-state index contributed by atoms with van der Waals surface area (Å²) >= 11 is 12.1. The number of amides is 2. The van der Waals surface area contributed by atoms with Gasteiger partial charge in [-0.05, 0) is 66.9 Å². The number of benzene rings is 3. The minimum Gasteiger partial charge on any atom is -0.493 e. The van der Waals surface area contributed by atoms with Crippen LogP contribution in [0.2, 0.25) is 10.0 Å². The second-order valence-corrected chi connectivity index (χ2v) is 8.87. The van der Waals surface area contributed by atoms with Gasteiger partial charge in [0.25, 0.3) is 0 Å². The first-order valence-electron chi connectivity index (χ1n) is 11.2. The van der Waals surface area contributed by atoms with Crippen LogP contribution in [-0.2, 0) is 16.2 Å².